The van der Waals surface area contributed by atoms with Crippen LogP contribution in [0.1, 0.15) is 84.2 Å². The number of benzene rings is 2. The van der Waals surface area contributed by atoms with E-state index in [0.717, 1.165) is 30.0 Å². The van der Waals surface area contributed by atoms with Crippen molar-refractivity contribution in [3.05, 3.63) is 120 Å². The van der Waals surface area contributed by atoms with Crippen molar-refractivity contribution in [1.82, 2.24) is 0 Å². The van der Waals surface area contributed by atoms with E-state index >= 15 is 0 Å². The van der Waals surface area contributed by atoms with Gasteiger partial charge in [-0.15, -0.1) is 0 Å². The van der Waals surface area contributed by atoms with Crippen LogP contribution in [0.3, 0.4) is 0 Å². The van der Waals surface area contributed by atoms with Crippen LogP contribution in [0.2, 0.25) is 0 Å². The molecule has 4 rings (SSSR count). The van der Waals surface area contributed by atoms with Crippen LogP contribution in [0.15, 0.2) is 97.7 Å². The van der Waals surface area contributed by atoms with Gasteiger partial charge >= 0.3 is 23.9 Å². The molecule has 14 nitrogen and oxygen atoms in total. The quantitative estimate of drug-likeness (QED) is 0.0563. The number of methoxy groups -OCH3 is 4. The molecular weight excluding hydrogens is 813 g/mol. The van der Waals surface area contributed by atoms with Gasteiger partial charge < -0.3 is 47.7 Å². The predicted octanol–water partition coefficient (Wildman–Crippen LogP) is 8.18. The van der Waals surface area contributed by atoms with Crippen LogP contribution in [0.5, 0.6) is 11.5 Å². The van der Waals surface area contributed by atoms with Crippen molar-refractivity contribution in [3.8, 4) is 11.5 Å². The zero-order chi connectivity index (χ0) is 46.0. The molecule has 63 heavy (non-hydrogen) atoms. The summed E-state index contributed by atoms with van der Waals surface area (Å²) in [6.07, 6.45) is 18.0. The van der Waals surface area contributed by atoms with Crippen LogP contribution in [0, 0.1) is 11.8 Å². The summed E-state index contributed by atoms with van der Waals surface area (Å²) in [7, 11) is 6.16. The first-order chi connectivity index (χ1) is 30.4. The molecule has 0 radical (unpaired) electrons. The van der Waals surface area contributed by atoms with Crippen molar-refractivity contribution in [2.24, 2.45) is 11.8 Å². The van der Waals surface area contributed by atoms with E-state index in [1.807, 2.05) is 36.4 Å². The van der Waals surface area contributed by atoms with Crippen molar-refractivity contribution in [1.29, 1.82) is 0 Å². The first-order valence-electron chi connectivity index (χ1n) is 21.0. The van der Waals surface area contributed by atoms with Crippen molar-refractivity contribution < 1.29 is 66.9 Å². The zero-order valence-electron chi connectivity index (χ0n) is 37.4. The number of rotatable bonds is 16. The maximum Gasteiger partial charge on any atom is 0.342 e. The van der Waals surface area contributed by atoms with Gasteiger partial charge in [0.2, 0.25) is 0 Å². The molecule has 14 heteroatoms. The van der Waals surface area contributed by atoms with Crippen molar-refractivity contribution in [2.45, 2.75) is 89.6 Å². The zero-order valence-corrected chi connectivity index (χ0v) is 37.4. The van der Waals surface area contributed by atoms with Gasteiger partial charge in [0, 0.05) is 52.1 Å². The first-order valence-corrected chi connectivity index (χ1v) is 21.0. The number of allylic oxidation sites excluding steroid dienone is 4. The minimum absolute atomic E-state index is 0.126. The topological polar surface area (TPSA) is 172 Å². The van der Waals surface area contributed by atoms with Gasteiger partial charge in [0.05, 0.1) is 26.4 Å². The fourth-order valence-electron chi connectivity index (χ4n) is 7.03. The van der Waals surface area contributed by atoms with Crippen LogP contribution in [-0.4, -0.2) is 102 Å². The molecule has 344 valence electrons. The van der Waals surface area contributed by atoms with Crippen molar-refractivity contribution in [3.63, 3.8) is 0 Å². The minimum Gasteiger partial charge on any atom is -0.496 e. The lowest BCUT2D eigenvalue weighted by atomic mass is 9.93. The summed E-state index contributed by atoms with van der Waals surface area (Å²) in [6, 6.07) is 10.9. The number of carboxylic acid groups (broad SMARTS) is 1. The third kappa shape index (κ3) is 18.0. The highest BCUT2D eigenvalue weighted by Crippen LogP contribution is 2.30. The standard InChI is InChI=1S/C26H34O7.C23H30O7/c1-5-16-31-24(27)15-9-13-21-17-23(32-18-29-3)19(2)10-6-7-11-20-12-8-14-22(30-4)25(20)26(28)33-21;1-16-8-4-5-9-17-10-6-12-19(28-3)22(17)23(26)30-18(11-7-13-21(24)25)14-20(16)29-15-27-2/h5-9,12,14-15,19,21,23H,1,10-11,13,16-18H2,2-4H3;4-7,10,12-13,16,18,20H,8-9,11,14-15H2,1-3H3,(H,24,25)/b7-6+,15-9+;5-4+,13-7+/t19-,21?,23+;16-,18?,20+/m00/s1. The number of esters is 3. The molecule has 2 heterocycles. The highest BCUT2D eigenvalue weighted by atomic mass is 16.7. The molecular formula is C49H64O14. The third-order valence-corrected chi connectivity index (χ3v) is 10.4. The second-order valence-electron chi connectivity index (χ2n) is 15.0. The molecule has 0 saturated carbocycles. The lowest BCUT2D eigenvalue weighted by molar-refractivity contribution is -0.136. The Labute approximate surface area is 371 Å². The van der Waals surface area contributed by atoms with Crippen LogP contribution in [0.4, 0.5) is 0 Å². The van der Waals surface area contributed by atoms with Gasteiger partial charge in [-0.3, -0.25) is 0 Å². The van der Waals surface area contributed by atoms with Gasteiger partial charge in [0.1, 0.15) is 55.0 Å². The van der Waals surface area contributed by atoms with E-state index in [2.05, 4.69) is 32.6 Å². The number of carbonyl (C=O) groups is 4. The Morgan fingerprint density at radius 2 is 1.17 bits per heavy atom. The Morgan fingerprint density at radius 1 is 0.714 bits per heavy atom. The van der Waals surface area contributed by atoms with E-state index in [0.29, 0.717) is 54.7 Å². The van der Waals surface area contributed by atoms with E-state index in [1.54, 1.807) is 32.4 Å². The number of carboxylic acids is 1. The van der Waals surface area contributed by atoms with E-state index in [-0.39, 0.29) is 50.7 Å². The summed E-state index contributed by atoms with van der Waals surface area (Å²) < 4.78 is 49.5. The first kappa shape index (κ1) is 51.8. The Hall–Kier alpha value is -5.54. The molecule has 0 aliphatic carbocycles. The van der Waals surface area contributed by atoms with Gasteiger partial charge in [-0.1, -0.05) is 87.2 Å². The summed E-state index contributed by atoms with van der Waals surface area (Å²) in [5.41, 5.74) is 2.45. The third-order valence-electron chi connectivity index (χ3n) is 10.4. The molecule has 2 aliphatic rings. The molecule has 1 N–H and O–H groups in total. The lowest BCUT2D eigenvalue weighted by Crippen LogP contribution is -2.31. The molecule has 2 aromatic rings. The van der Waals surface area contributed by atoms with Crippen LogP contribution >= 0.6 is 0 Å². The van der Waals surface area contributed by atoms with Gasteiger partial charge in [-0.05, 0) is 60.8 Å². The largest absolute Gasteiger partial charge is 0.496 e. The number of ether oxygens (including phenoxy) is 9. The van der Waals surface area contributed by atoms with E-state index in [9.17, 15) is 19.2 Å². The van der Waals surface area contributed by atoms with Crippen LogP contribution < -0.4 is 9.47 Å². The molecule has 6 atom stereocenters. The maximum absolute atomic E-state index is 13.2. The molecule has 2 aliphatic heterocycles. The monoisotopic (exact) mass is 876 g/mol. The number of fused-ring (bicyclic) bond motifs is 2. The van der Waals surface area contributed by atoms with Gasteiger partial charge in [-0.2, -0.15) is 0 Å². The maximum atomic E-state index is 13.2. The number of hydrogen-bond donors (Lipinski definition) is 1. The van der Waals surface area contributed by atoms with E-state index < -0.39 is 36.1 Å². The Kier molecular flexibility index (Phi) is 23.8. The van der Waals surface area contributed by atoms with Gasteiger partial charge in [-0.25, -0.2) is 19.2 Å². The predicted molar refractivity (Wildman–Crippen MR) is 237 cm³/mol. The summed E-state index contributed by atoms with van der Waals surface area (Å²) in [4.78, 5) is 49.0. The average molecular weight is 877 g/mol. The van der Waals surface area contributed by atoms with Crippen LogP contribution in [-0.2, 0) is 55.6 Å². The summed E-state index contributed by atoms with van der Waals surface area (Å²) in [5, 5.41) is 8.89. The summed E-state index contributed by atoms with van der Waals surface area (Å²) in [5.74, 6) is -1.26. The number of hydrogen-bond acceptors (Lipinski definition) is 13. The summed E-state index contributed by atoms with van der Waals surface area (Å²) >= 11 is 0. The molecule has 0 aromatic heterocycles. The van der Waals surface area contributed by atoms with Crippen molar-refractivity contribution >= 4 is 23.9 Å². The molecule has 0 fully saturated rings. The SMILES string of the molecule is C=CCOC(=O)/C=C/CC1C[C@@H](OCOC)[C@@H](C)C/C=C/Cc2cccc(OC)c2C(=O)O1.COCO[C@@H]1CC(C/C=C/C(=O)O)OC(=O)c2c(cccc2OC)C/C=C/C[C@@H]1C. The van der Waals surface area contributed by atoms with Gasteiger partial charge in [0.25, 0.3) is 0 Å². The number of aliphatic carboxylic acids is 1. The Bertz CT molecular complexity index is 1880. The molecule has 0 amide bonds. The molecule has 2 aromatic carbocycles. The van der Waals surface area contributed by atoms with Crippen LogP contribution in [0.25, 0.3) is 0 Å². The van der Waals surface area contributed by atoms with Gasteiger partial charge in [0.15, 0.2) is 0 Å². The molecule has 0 bridgehead atoms. The van der Waals surface area contributed by atoms with E-state index in [4.69, 9.17) is 47.7 Å². The Morgan fingerprint density at radius 3 is 1.59 bits per heavy atom. The normalized spacial score (nSPS) is 23.0. The smallest absolute Gasteiger partial charge is 0.342 e. The molecule has 0 saturated heterocycles. The summed E-state index contributed by atoms with van der Waals surface area (Å²) in [6.45, 7) is 8.08. The minimum atomic E-state index is -1.05. The number of carbonyl (C=O) groups excluding carboxylic acids is 3. The second-order valence-corrected chi connectivity index (χ2v) is 15.0. The highest BCUT2D eigenvalue weighted by molar-refractivity contribution is 5.95. The lowest BCUT2D eigenvalue weighted by Gasteiger charge is -2.28. The fourth-order valence-corrected chi connectivity index (χ4v) is 7.03. The second kappa shape index (κ2) is 28.9. The average Bonchev–Trinajstić information content (AvgIpc) is 3.27. The molecule has 2 unspecified atom stereocenters. The highest BCUT2D eigenvalue weighted by Gasteiger charge is 2.29. The molecule has 0 spiro atoms. The number of cyclic esters (lactones) is 2. The van der Waals surface area contributed by atoms with Crippen molar-refractivity contribution in [2.75, 3.05) is 48.6 Å². The fraction of sp³-hybridized carbons (Fsp3) is 0.469. The Balaban J connectivity index is 0.000000337. The van der Waals surface area contributed by atoms with E-state index in [1.165, 1.54) is 32.4 Å².